The Kier molecular flexibility index (Phi) is 4.03. The fourth-order valence-electron chi connectivity index (χ4n) is 2.16. The molecule has 1 N–H and O–H groups in total. The van der Waals surface area contributed by atoms with Gasteiger partial charge < -0.3 is 9.88 Å². The first-order chi connectivity index (χ1) is 8.72. The van der Waals surface area contributed by atoms with Gasteiger partial charge in [0.05, 0.1) is 0 Å². The van der Waals surface area contributed by atoms with Crippen molar-refractivity contribution in [3.05, 3.63) is 36.0 Å². The zero-order valence-corrected chi connectivity index (χ0v) is 11.1. The molecule has 18 heavy (non-hydrogen) atoms. The summed E-state index contributed by atoms with van der Waals surface area (Å²) in [7, 11) is 1.88. The van der Waals surface area contributed by atoms with Gasteiger partial charge in [-0.1, -0.05) is 25.1 Å². The van der Waals surface area contributed by atoms with Gasteiger partial charge in [-0.25, -0.2) is 0 Å². The van der Waals surface area contributed by atoms with Gasteiger partial charge >= 0.3 is 0 Å². The highest BCUT2D eigenvalue weighted by atomic mass is 16.2. The summed E-state index contributed by atoms with van der Waals surface area (Å²) in [6.45, 7) is 2.81. The number of H-pyrrole nitrogens is 1. The lowest BCUT2D eigenvalue weighted by atomic mass is 10.1. The van der Waals surface area contributed by atoms with Crippen molar-refractivity contribution >= 4 is 16.8 Å². The van der Waals surface area contributed by atoms with Crippen LogP contribution in [-0.4, -0.2) is 29.4 Å². The molecule has 0 aliphatic heterocycles. The van der Waals surface area contributed by atoms with E-state index >= 15 is 0 Å². The number of benzene rings is 1. The SMILES string of the molecule is CCCC(=O)N(C)CCc1c[nH]c2ccccc12. The van der Waals surface area contributed by atoms with Crippen molar-refractivity contribution in [3.63, 3.8) is 0 Å². The largest absolute Gasteiger partial charge is 0.361 e. The first kappa shape index (κ1) is 12.7. The number of carbonyl (C=O) groups is 1. The predicted octanol–water partition coefficient (Wildman–Crippen LogP) is 2.97. The molecule has 0 aliphatic carbocycles. The van der Waals surface area contributed by atoms with Gasteiger partial charge in [-0.3, -0.25) is 4.79 Å². The van der Waals surface area contributed by atoms with Crippen LogP contribution in [0.5, 0.6) is 0 Å². The van der Waals surface area contributed by atoms with Crippen LogP contribution < -0.4 is 0 Å². The molecule has 1 amide bonds. The van der Waals surface area contributed by atoms with Crippen molar-refractivity contribution in [2.45, 2.75) is 26.2 Å². The van der Waals surface area contributed by atoms with Gasteiger partial charge in [0.1, 0.15) is 0 Å². The second kappa shape index (κ2) is 5.71. The van der Waals surface area contributed by atoms with Gasteiger partial charge in [0.2, 0.25) is 5.91 Å². The number of nitrogens with one attached hydrogen (secondary N) is 1. The van der Waals surface area contributed by atoms with E-state index in [2.05, 4.69) is 17.1 Å². The smallest absolute Gasteiger partial charge is 0.222 e. The Morgan fingerprint density at radius 1 is 1.33 bits per heavy atom. The summed E-state index contributed by atoms with van der Waals surface area (Å²) in [4.78, 5) is 16.8. The van der Waals surface area contributed by atoms with E-state index in [1.54, 1.807) is 0 Å². The molecule has 0 saturated carbocycles. The van der Waals surface area contributed by atoms with Crippen LogP contribution in [0, 0.1) is 0 Å². The van der Waals surface area contributed by atoms with Crippen molar-refractivity contribution in [1.82, 2.24) is 9.88 Å². The molecule has 1 heterocycles. The number of aromatic nitrogens is 1. The zero-order chi connectivity index (χ0) is 13.0. The van der Waals surface area contributed by atoms with Gasteiger partial charge in [0, 0.05) is 37.1 Å². The van der Waals surface area contributed by atoms with E-state index in [-0.39, 0.29) is 5.91 Å². The molecule has 2 aromatic rings. The fourth-order valence-corrected chi connectivity index (χ4v) is 2.16. The molecule has 96 valence electrons. The highest BCUT2D eigenvalue weighted by Crippen LogP contribution is 2.18. The van der Waals surface area contributed by atoms with Crippen molar-refractivity contribution in [1.29, 1.82) is 0 Å². The zero-order valence-electron chi connectivity index (χ0n) is 11.1. The second-order valence-electron chi connectivity index (χ2n) is 4.67. The lowest BCUT2D eigenvalue weighted by Gasteiger charge is -2.16. The Morgan fingerprint density at radius 2 is 2.11 bits per heavy atom. The molecule has 0 bridgehead atoms. The summed E-state index contributed by atoms with van der Waals surface area (Å²) >= 11 is 0. The Labute approximate surface area is 108 Å². The summed E-state index contributed by atoms with van der Waals surface area (Å²) < 4.78 is 0. The number of hydrogen-bond acceptors (Lipinski definition) is 1. The Balaban J connectivity index is 2.00. The first-order valence-corrected chi connectivity index (χ1v) is 6.51. The Bertz CT molecular complexity index is 530. The number of nitrogens with zero attached hydrogens (tertiary/aromatic N) is 1. The quantitative estimate of drug-likeness (QED) is 0.862. The van der Waals surface area contributed by atoms with Gasteiger partial charge in [-0.2, -0.15) is 0 Å². The van der Waals surface area contributed by atoms with Gasteiger partial charge in [-0.05, 0) is 24.5 Å². The Morgan fingerprint density at radius 3 is 2.89 bits per heavy atom. The molecular formula is C15H20N2O. The van der Waals surface area contributed by atoms with Crippen molar-refractivity contribution in [2.24, 2.45) is 0 Å². The first-order valence-electron chi connectivity index (χ1n) is 6.51. The molecule has 3 heteroatoms. The summed E-state index contributed by atoms with van der Waals surface area (Å²) in [5.74, 6) is 0.234. The Hall–Kier alpha value is -1.77. The molecule has 0 saturated heterocycles. The van der Waals surface area contributed by atoms with Gasteiger partial charge in [0.15, 0.2) is 0 Å². The lowest BCUT2D eigenvalue weighted by molar-refractivity contribution is -0.129. The van der Waals surface area contributed by atoms with E-state index < -0.39 is 0 Å². The molecule has 0 atom stereocenters. The minimum absolute atomic E-state index is 0.234. The predicted molar refractivity (Wildman–Crippen MR) is 74.5 cm³/mol. The van der Waals surface area contributed by atoms with E-state index in [9.17, 15) is 4.79 Å². The number of rotatable bonds is 5. The van der Waals surface area contributed by atoms with Crippen molar-refractivity contribution in [3.8, 4) is 0 Å². The summed E-state index contributed by atoms with van der Waals surface area (Å²) in [5.41, 5.74) is 2.44. The average molecular weight is 244 g/mol. The van der Waals surface area contributed by atoms with E-state index in [4.69, 9.17) is 0 Å². The molecule has 1 aromatic heterocycles. The minimum atomic E-state index is 0.234. The van der Waals surface area contributed by atoms with Crippen LogP contribution in [0.4, 0.5) is 0 Å². The molecule has 1 aromatic carbocycles. The second-order valence-corrected chi connectivity index (χ2v) is 4.67. The van der Waals surface area contributed by atoms with Crippen LogP contribution in [-0.2, 0) is 11.2 Å². The molecule has 0 aliphatic rings. The van der Waals surface area contributed by atoms with Crippen molar-refractivity contribution in [2.75, 3.05) is 13.6 Å². The van der Waals surface area contributed by atoms with Crippen LogP contribution in [0.3, 0.4) is 0 Å². The van der Waals surface area contributed by atoms with Crippen LogP contribution in [0.1, 0.15) is 25.3 Å². The number of carbonyl (C=O) groups excluding carboxylic acids is 1. The summed E-state index contributed by atoms with van der Waals surface area (Å²) in [6, 6.07) is 8.27. The highest BCUT2D eigenvalue weighted by Gasteiger charge is 2.08. The molecule has 0 fully saturated rings. The van der Waals surface area contributed by atoms with Gasteiger partial charge in [-0.15, -0.1) is 0 Å². The standard InChI is InChI=1S/C15H20N2O/c1-3-6-15(18)17(2)10-9-12-11-16-14-8-5-4-7-13(12)14/h4-5,7-8,11,16H,3,6,9-10H2,1-2H3. The maximum atomic E-state index is 11.7. The molecule has 0 unspecified atom stereocenters. The number of likely N-dealkylation sites (N-methyl/N-ethyl adjacent to an activating group) is 1. The van der Waals surface area contributed by atoms with Crippen LogP contribution in [0.15, 0.2) is 30.5 Å². The molecule has 0 radical (unpaired) electrons. The van der Waals surface area contributed by atoms with E-state index in [1.165, 1.54) is 10.9 Å². The van der Waals surface area contributed by atoms with Crippen molar-refractivity contribution < 1.29 is 4.79 Å². The van der Waals surface area contributed by atoms with Crippen LogP contribution in [0.25, 0.3) is 10.9 Å². The van der Waals surface area contributed by atoms with Gasteiger partial charge in [0.25, 0.3) is 0 Å². The average Bonchev–Trinajstić information content (AvgIpc) is 2.79. The summed E-state index contributed by atoms with van der Waals surface area (Å²) in [5, 5.41) is 1.26. The molecular weight excluding hydrogens is 224 g/mol. The highest BCUT2D eigenvalue weighted by molar-refractivity contribution is 5.83. The maximum absolute atomic E-state index is 11.7. The third-order valence-corrected chi connectivity index (χ3v) is 3.28. The minimum Gasteiger partial charge on any atom is -0.361 e. The fraction of sp³-hybridized carbons (Fsp3) is 0.400. The normalized spacial score (nSPS) is 10.8. The number of amides is 1. The number of hydrogen-bond donors (Lipinski definition) is 1. The number of fused-ring (bicyclic) bond motifs is 1. The van der Waals surface area contributed by atoms with E-state index in [1.807, 2.05) is 37.2 Å². The van der Waals surface area contributed by atoms with Crippen LogP contribution >= 0.6 is 0 Å². The van der Waals surface area contributed by atoms with E-state index in [0.717, 1.165) is 24.9 Å². The lowest BCUT2D eigenvalue weighted by Crippen LogP contribution is -2.28. The monoisotopic (exact) mass is 244 g/mol. The van der Waals surface area contributed by atoms with Crippen LogP contribution in [0.2, 0.25) is 0 Å². The molecule has 0 spiro atoms. The molecule has 3 nitrogen and oxygen atoms in total. The third kappa shape index (κ3) is 2.73. The number of aromatic amines is 1. The third-order valence-electron chi connectivity index (χ3n) is 3.28. The number of para-hydroxylation sites is 1. The van der Waals surface area contributed by atoms with E-state index in [0.29, 0.717) is 6.42 Å². The topological polar surface area (TPSA) is 36.1 Å². The maximum Gasteiger partial charge on any atom is 0.222 e. The molecule has 2 rings (SSSR count). The summed E-state index contributed by atoms with van der Waals surface area (Å²) in [6.07, 6.45) is 4.50.